The largest absolute Gasteiger partial charge is 0.490 e. The molecule has 3 aliphatic heterocycles. The van der Waals surface area contributed by atoms with Crippen molar-refractivity contribution in [1.29, 1.82) is 0 Å². The van der Waals surface area contributed by atoms with Crippen LogP contribution in [0, 0.1) is 12.3 Å². The van der Waals surface area contributed by atoms with Crippen LogP contribution in [0.1, 0.15) is 109 Å². The molecule has 1 aliphatic carbocycles. The number of carbonyl (C=O) groups excluding carboxylic acids is 5. The molecule has 0 radical (unpaired) electrons. The Hall–Kier alpha value is -7.39. The Kier molecular flexibility index (Phi) is 15.7. The number of aromatic nitrogens is 5. The van der Waals surface area contributed by atoms with Crippen LogP contribution in [-0.4, -0.2) is 119 Å². The van der Waals surface area contributed by atoms with Crippen molar-refractivity contribution in [3.8, 4) is 16.9 Å². The number of ether oxygens (including phenoxy) is 3. The summed E-state index contributed by atoms with van der Waals surface area (Å²) < 4.78 is 21.5. The highest BCUT2D eigenvalue weighted by atomic mass is 32.1. The number of carbonyl (C=O) groups is 5. The van der Waals surface area contributed by atoms with Crippen molar-refractivity contribution < 1.29 is 38.2 Å². The fourth-order valence-corrected chi connectivity index (χ4v) is 13.5. The molecule has 1 saturated carbocycles. The number of aryl methyl sites for hydroxylation is 2. The number of hydrogen-bond donors (Lipinski definition) is 2. The van der Waals surface area contributed by atoms with Gasteiger partial charge in [-0.05, 0) is 168 Å². The van der Waals surface area contributed by atoms with Gasteiger partial charge >= 0.3 is 5.97 Å². The highest BCUT2D eigenvalue weighted by Crippen LogP contribution is 2.50. The molecule has 82 heavy (non-hydrogen) atoms. The minimum Gasteiger partial charge on any atom is -0.490 e. The molecule has 3 fully saturated rings. The first-order valence-corrected chi connectivity index (χ1v) is 33.0. The predicted molar refractivity (Wildman–Crippen MR) is 320 cm³/mol. The number of anilines is 3. The molecule has 11 rings (SSSR count). The van der Waals surface area contributed by atoms with Gasteiger partial charge in [-0.3, -0.25) is 44.0 Å². The predicted octanol–water partition coefficient (Wildman–Crippen LogP) is 10.2. The van der Waals surface area contributed by atoms with Crippen molar-refractivity contribution >= 4 is 86.8 Å². The Morgan fingerprint density at radius 1 is 0.915 bits per heavy atom. The number of para-hydroxylation sites is 1. The molecule has 2 saturated heterocycles. The van der Waals surface area contributed by atoms with Gasteiger partial charge in [0.1, 0.15) is 29.6 Å². The van der Waals surface area contributed by atoms with Crippen LogP contribution in [0.15, 0.2) is 85.1 Å². The number of thiazole rings is 1. The van der Waals surface area contributed by atoms with Crippen LogP contribution < -0.4 is 25.2 Å². The van der Waals surface area contributed by atoms with Gasteiger partial charge in [0, 0.05) is 69.6 Å². The van der Waals surface area contributed by atoms with Gasteiger partial charge in [0.15, 0.2) is 10.8 Å². The molecule has 4 aliphatic rings. The summed E-state index contributed by atoms with van der Waals surface area (Å²) in [5, 5.41) is 11.5. The summed E-state index contributed by atoms with van der Waals surface area (Å²) in [7, 11) is 0.427. The van der Waals surface area contributed by atoms with Crippen molar-refractivity contribution in [2.45, 2.75) is 122 Å². The van der Waals surface area contributed by atoms with E-state index in [1.165, 1.54) is 11.3 Å². The molecule has 1 spiro atoms. The van der Waals surface area contributed by atoms with E-state index in [0.29, 0.717) is 66.1 Å². The minimum atomic E-state index is -1.39. The van der Waals surface area contributed by atoms with Gasteiger partial charge in [-0.25, -0.2) is 14.8 Å². The van der Waals surface area contributed by atoms with Crippen molar-refractivity contribution in [2.75, 3.05) is 54.6 Å². The second-order valence-electron chi connectivity index (χ2n) is 24.8. The van der Waals surface area contributed by atoms with Gasteiger partial charge in [-0.1, -0.05) is 49.2 Å². The van der Waals surface area contributed by atoms with Crippen LogP contribution in [0.3, 0.4) is 0 Å². The molecule has 3 aromatic carbocycles. The molecule has 1 atom stereocenters. The van der Waals surface area contributed by atoms with Gasteiger partial charge < -0.3 is 24.4 Å². The van der Waals surface area contributed by atoms with Crippen LogP contribution in [-0.2, 0) is 43.9 Å². The molecule has 428 valence electrons. The van der Waals surface area contributed by atoms with E-state index in [2.05, 4.69) is 45.2 Å². The number of piperidine rings is 2. The number of hydrogen-bond acceptors (Lipinski definition) is 15. The number of nitrogens with one attached hydrogen (secondary N) is 2. The van der Waals surface area contributed by atoms with Crippen LogP contribution >= 0.6 is 11.3 Å². The molecule has 4 aromatic heterocycles. The molecule has 4 amide bonds. The lowest BCUT2D eigenvalue weighted by Crippen LogP contribution is -2.51. The van der Waals surface area contributed by atoms with E-state index in [1.807, 2.05) is 114 Å². The molecule has 7 aromatic rings. The smallest absolute Gasteiger partial charge is 0.358 e. The topological polar surface area (TPSA) is 203 Å². The summed E-state index contributed by atoms with van der Waals surface area (Å²) in [6.07, 6.45) is 6.95. The number of likely N-dealkylation sites (tertiary alicyclic amines) is 1. The SMILES string of the molecule is Cc1cc(OC2CC3(CCN(CC(=O)Nc4ccc5c(C6CCC(=O)NC6=O)nn(C)c5c4)CC3)C2)ccc1-c1ccc(N2CCc3ccnc(C(=O)N(COCC[Si](C)(C)C)c4nc5ccccc5s4)c3C2)nc1C(=O)OC(C)(C)C. The van der Waals surface area contributed by atoms with Gasteiger partial charge in [0.05, 0.1) is 40.0 Å². The third-order valence-corrected chi connectivity index (χ3v) is 19.0. The van der Waals surface area contributed by atoms with E-state index in [-0.39, 0.29) is 60.5 Å². The van der Waals surface area contributed by atoms with Gasteiger partial charge in [0.25, 0.3) is 5.91 Å². The van der Waals surface area contributed by atoms with Crippen LogP contribution in [0.5, 0.6) is 5.75 Å². The average molecular weight is 1150 g/mol. The molecule has 20 heteroatoms. The number of rotatable bonds is 16. The molecule has 7 heterocycles. The van der Waals surface area contributed by atoms with Crippen molar-refractivity contribution in [2.24, 2.45) is 12.5 Å². The van der Waals surface area contributed by atoms with E-state index < -0.39 is 25.6 Å². The third kappa shape index (κ3) is 12.4. The Labute approximate surface area is 482 Å². The quantitative estimate of drug-likeness (QED) is 0.0304. The normalized spacial score (nSPS) is 17.6. The molecule has 2 N–H and O–H groups in total. The number of fused-ring (bicyclic) bond motifs is 3. The first-order valence-electron chi connectivity index (χ1n) is 28.5. The zero-order valence-electron chi connectivity index (χ0n) is 48.1. The minimum absolute atomic E-state index is 0.0497. The number of imide groups is 1. The molecular weight excluding hydrogens is 1070 g/mol. The number of amides is 4. The Morgan fingerprint density at radius 3 is 2.44 bits per heavy atom. The van der Waals surface area contributed by atoms with Crippen LogP contribution in [0.2, 0.25) is 25.7 Å². The van der Waals surface area contributed by atoms with E-state index in [9.17, 15) is 24.0 Å². The molecular formula is C62H72N10O8SSi. The second kappa shape index (κ2) is 22.7. The lowest BCUT2D eigenvalue weighted by atomic mass is 9.61. The van der Waals surface area contributed by atoms with Gasteiger partial charge in [-0.2, -0.15) is 5.10 Å². The number of benzene rings is 3. The molecule has 18 nitrogen and oxygen atoms in total. The molecule has 0 bridgehead atoms. The first-order chi connectivity index (χ1) is 39.1. The number of pyridine rings is 2. The Morgan fingerprint density at radius 2 is 1.70 bits per heavy atom. The van der Waals surface area contributed by atoms with E-state index in [4.69, 9.17) is 29.2 Å². The van der Waals surface area contributed by atoms with E-state index in [1.54, 1.807) is 15.8 Å². The lowest BCUT2D eigenvalue weighted by molar-refractivity contribution is -0.134. The van der Waals surface area contributed by atoms with Crippen molar-refractivity contribution in [3.05, 3.63) is 119 Å². The summed E-state index contributed by atoms with van der Waals surface area (Å²) in [4.78, 5) is 87.2. The standard InChI is InChI=1S/C62H72N10O8SSi/c1-38-31-41(79-42-33-62(34-42)23-27-70(28-24-62)36-53(74)64-40-13-15-45-49(32-40)69(5)68-54(45)46-18-20-52(73)67-57(46)75)14-16-43(38)44-17-19-51(66-56(44)59(77)80-61(2,3)4)71-26-22-39-21-25-63-55(47(39)35-71)58(76)72(37-78-29-30-82(6,7)8)60-65-48-11-9-10-12-50(48)81-60/h9-17,19,21,25,31-32,42,46H,18,20,22-24,26-30,33-37H2,1-8H3,(H,64,74)(H,67,73,75). The maximum Gasteiger partial charge on any atom is 0.358 e. The van der Waals surface area contributed by atoms with E-state index >= 15 is 0 Å². The second-order valence-corrected chi connectivity index (χ2v) is 31.4. The van der Waals surface area contributed by atoms with Crippen molar-refractivity contribution in [3.63, 3.8) is 0 Å². The zero-order chi connectivity index (χ0) is 57.7. The lowest BCUT2D eigenvalue weighted by Gasteiger charge is -2.51. The summed E-state index contributed by atoms with van der Waals surface area (Å²) in [5.41, 5.74) is 7.10. The van der Waals surface area contributed by atoms with Gasteiger partial charge in [-0.15, -0.1) is 0 Å². The highest BCUT2D eigenvalue weighted by molar-refractivity contribution is 7.22. The van der Waals surface area contributed by atoms with Gasteiger partial charge in [0.2, 0.25) is 17.7 Å². The van der Waals surface area contributed by atoms with Crippen LogP contribution in [0.25, 0.3) is 32.2 Å². The fraction of sp³-hybridized carbons (Fsp3) is 0.435. The summed E-state index contributed by atoms with van der Waals surface area (Å²) in [6.45, 7) is 17.9. The average Bonchev–Trinajstić information content (AvgIpc) is 4.17. The van der Waals surface area contributed by atoms with Crippen molar-refractivity contribution in [1.82, 2.24) is 34.9 Å². The summed E-state index contributed by atoms with van der Waals surface area (Å²) >= 11 is 1.45. The summed E-state index contributed by atoms with van der Waals surface area (Å²) in [5.74, 6) is -0.641. The maximum absolute atomic E-state index is 14.8. The van der Waals surface area contributed by atoms with Crippen LogP contribution in [0.4, 0.5) is 16.6 Å². The monoisotopic (exact) mass is 1140 g/mol. The first kappa shape index (κ1) is 56.5. The zero-order valence-corrected chi connectivity index (χ0v) is 49.9. The summed E-state index contributed by atoms with van der Waals surface area (Å²) in [6, 6.07) is 26.3. The Bertz CT molecular complexity index is 3590. The highest BCUT2D eigenvalue weighted by Gasteiger charge is 2.47. The number of esters is 1. The third-order valence-electron chi connectivity index (χ3n) is 16.3. The molecule has 1 unspecified atom stereocenters. The number of nitrogens with zero attached hydrogens (tertiary/aromatic N) is 8. The Balaban J connectivity index is 0.728. The fourth-order valence-electron chi connectivity index (χ4n) is 11.8. The van der Waals surface area contributed by atoms with E-state index in [0.717, 1.165) is 93.9 Å². The maximum atomic E-state index is 14.8.